The molecule has 8 heteroatoms. The van der Waals surface area contributed by atoms with Gasteiger partial charge in [0.2, 0.25) is 10.0 Å². The zero-order chi connectivity index (χ0) is 13.3. The zero-order valence-electron chi connectivity index (χ0n) is 9.47. The third-order valence-corrected chi connectivity index (χ3v) is 4.47. The number of aromatic nitrogens is 2. The molecule has 0 spiro atoms. The summed E-state index contributed by atoms with van der Waals surface area (Å²) < 4.78 is 26.1. The predicted octanol–water partition coefficient (Wildman–Crippen LogP) is 0.563. The standard InChI is InChI=1S/C9H11ClN2O4S/c1-9(7(13)16-2,17(3,14)15)6-4-5-11-8(10)12-6/h4-5H,1-3H3. The van der Waals surface area contributed by atoms with Crippen molar-refractivity contribution in [2.24, 2.45) is 0 Å². The van der Waals surface area contributed by atoms with Crippen LogP contribution in [-0.4, -0.2) is 37.7 Å². The van der Waals surface area contributed by atoms with Crippen LogP contribution < -0.4 is 0 Å². The van der Waals surface area contributed by atoms with E-state index < -0.39 is 20.6 Å². The van der Waals surface area contributed by atoms with Crippen molar-refractivity contribution >= 4 is 27.4 Å². The van der Waals surface area contributed by atoms with Crippen molar-refractivity contribution in [1.29, 1.82) is 0 Å². The number of sulfone groups is 1. The molecule has 0 aromatic carbocycles. The molecule has 0 bridgehead atoms. The quantitative estimate of drug-likeness (QED) is 0.593. The van der Waals surface area contributed by atoms with Crippen LogP contribution in [0, 0.1) is 0 Å². The molecule has 0 amide bonds. The van der Waals surface area contributed by atoms with Crippen LogP contribution in [0.5, 0.6) is 0 Å². The molecule has 94 valence electrons. The molecule has 0 saturated carbocycles. The van der Waals surface area contributed by atoms with Gasteiger partial charge in [-0.05, 0) is 24.6 Å². The smallest absolute Gasteiger partial charge is 0.333 e. The van der Waals surface area contributed by atoms with Gasteiger partial charge in [-0.25, -0.2) is 23.2 Å². The largest absolute Gasteiger partial charge is 0.468 e. The number of methoxy groups -OCH3 is 1. The average molecular weight is 279 g/mol. The van der Waals surface area contributed by atoms with Crippen LogP contribution in [0.3, 0.4) is 0 Å². The molecule has 0 radical (unpaired) electrons. The van der Waals surface area contributed by atoms with Crippen molar-refractivity contribution in [2.45, 2.75) is 11.7 Å². The molecular weight excluding hydrogens is 268 g/mol. The first-order chi connectivity index (χ1) is 7.73. The first-order valence-corrected chi connectivity index (χ1v) is 6.77. The fourth-order valence-corrected chi connectivity index (χ4v) is 2.27. The number of carbonyl (C=O) groups is 1. The van der Waals surface area contributed by atoms with E-state index in [2.05, 4.69) is 14.7 Å². The summed E-state index contributed by atoms with van der Waals surface area (Å²) in [7, 11) is -2.66. The Morgan fingerprint density at radius 2 is 2.12 bits per heavy atom. The Labute approximate surface area is 104 Å². The van der Waals surface area contributed by atoms with E-state index >= 15 is 0 Å². The van der Waals surface area contributed by atoms with E-state index in [-0.39, 0.29) is 11.0 Å². The molecule has 6 nitrogen and oxygen atoms in total. The SMILES string of the molecule is COC(=O)C(C)(c1ccnc(Cl)n1)S(C)(=O)=O. The van der Waals surface area contributed by atoms with E-state index in [4.69, 9.17) is 11.6 Å². The van der Waals surface area contributed by atoms with E-state index in [1.807, 2.05) is 0 Å². The number of nitrogens with zero attached hydrogens (tertiary/aromatic N) is 2. The summed E-state index contributed by atoms with van der Waals surface area (Å²) in [6.07, 6.45) is 2.21. The third-order valence-electron chi connectivity index (χ3n) is 2.43. The van der Waals surface area contributed by atoms with Crippen molar-refractivity contribution < 1.29 is 17.9 Å². The summed E-state index contributed by atoms with van der Waals surface area (Å²) in [5.41, 5.74) is -0.0214. The van der Waals surface area contributed by atoms with E-state index in [0.717, 1.165) is 13.4 Å². The van der Waals surface area contributed by atoms with Gasteiger partial charge in [-0.1, -0.05) is 0 Å². The number of hydrogen-bond acceptors (Lipinski definition) is 6. The Kier molecular flexibility index (Phi) is 3.73. The maximum absolute atomic E-state index is 11.8. The molecule has 0 N–H and O–H groups in total. The third kappa shape index (κ3) is 2.39. The van der Waals surface area contributed by atoms with Gasteiger partial charge < -0.3 is 4.74 Å². The lowest BCUT2D eigenvalue weighted by Crippen LogP contribution is -2.42. The number of hydrogen-bond donors (Lipinski definition) is 0. The minimum atomic E-state index is -3.77. The van der Waals surface area contributed by atoms with Gasteiger partial charge in [0.25, 0.3) is 0 Å². The number of esters is 1. The van der Waals surface area contributed by atoms with Crippen LogP contribution in [0.1, 0.15) is 12.6 Å². The van der Waals surface area contributed by atoms with Gasteiger partial charge in [-0.15, -0.1) is 0 Å². The van der Waals surface area contributed by atoms with Gasteiger partial charge in [-0.2, -0.15) is 0 Å². The normalized spacial score (nSPS) is 15.1. The summed E-state index contributed by atoms with van der Waals surface area (Å²) in [5, 5.41) is -0.138. The molecule has 1 rings (SSSR count). The first-order valence-electron chi connectivity index (χ1n) is 4.50. The molecule has 0 aliphatic rings. The van der Waals surface area contributed by atoms with Crippen LogP contribution in [-0.2, 0) is 24.1 Å². The lowest BCUT2D eigenvalue weighted by Gasteiger charge is -2.23. The molecular formula is C9H11ClN2O4S. The van der Waals surface area contributed by atoms with Crippen molar-refractivity contribution in [3.05, 3.63) is 23.2 Å². The molecule has 1 aromatic rings. The highest BCUT2D eigenvalue weighted by Crippen LogP contribution is 2.29. The highest BCUT2D eigenvalue weighted by Gasteiger charge is 2.48. The zero-order valence-corrected chi connectivity index (χ0v) is 11.0. The Morgan fingerprint density at radius 1 is 1.53 bits per heavy atom. The van der Waals surface area contributed by atoms with Gasteiger partial charge in [0.05, 0.1) is 12.8 Å². The molecule has 1 aromatic heterocycles. The topological polar surface area (TPSA) is 86.2 Å². The summed E-state index contributed by atoms with van der Waals surface area (Å²) in [5.74, 6) is -0.922. The monoisotopic (exact) mass is 278 g/mol. The number of carbonyl (C=O) groups excluding carboxylic acids is 1. The average Bonchev–Trinajstić information content (AvgIpc) is 2.25. The maximum Gasteiger partial charge on any atom is 0.333 e. The van der Waals surface area contributed by atoms with Crippen molar-refractivity contribution in [1.82, 2.24) is 9.97 Å². The Bertz CT molecular complexity index is 546. The van der Waals surface area contributed by atoms with Gasteiger partial charge in [0, 0.05) is 12.5 Å². The predicted molar refractivity (Wildman–Crippen MR) is 61.3 cm³/mol. The van der Waals surface area contributed by atoms with Crippen LogP contribution in [0.15, 0.2) is 12.3 Å². The molecule has 17 heavy (non-hydrogen) atoms. The second-order valence-corrected chi connectivity index (χ2v) is 6.21. The van der Waals surface area contributed by atoms with Crippen LogP contribution in [0.4, 0.5) is 0 Å². The molecule has 0 fully saturated rings. The van der Waals surface area contributed by atoms with E-state index in [1.165, 1.54) is 19.2 Å². The Balaban J connectivity index is 3.51. The number of ether oxygens (including phenoxy) is 1. The maximum atomic E-state index is 11.8. The highest BCUT2D eigenvalue weighted by atomic mass is 35.5. The van der Waals surface area contributed by atoms with Crippen LogP contribution in [0.25, 0.3) is 0 Å². The van der Waals surface area contributed by atoms with E-state index in [9.17, 15) is 13.2 Å². The summed E-state index contributed by atoms with van der Waals surface area (Å²) in [4.78, 5) is 19.1. The minimum absolute atomic E-state index is 0.0214. The summed E-state index contributed by atoms with van der Waals surface area (Å²) in [6.45, 7) is 1.22. The lowest BCUT2D eigenvalue weighted by molar-refractivity contribution is -0.143. The molecule has 0 aliphatic heterocycles. The minimum Gasteiger partial charge on any atom is -0.468 e. The molecule has 1 atom stereocenters. The fraction of sp³-hybridized carbons (Fsp3) is 0.444. The summed E-state index contributed by atoms with van der Waals surface area (Å²) >= 11 is 5.58. The van der Waals surface area contributed by atoms with Gasteiger partial charge >= 0.3 is 5.97 Å². The number of rotatable bonds is 3. The van der Waals surface area contributed by atoms with Crippen LogP contribution in [0.2, 0.25) is 5.28 Å². The Hall–Kier alpha value is -1.21. The van der Waals surface area contributed by atoms with Crippen molar-refractivity contribution in [3.8, 4) is 0 Å². The first kappa shape index (κ1) is 13.9. The second kappa shape index (κ2) is 4.58. The highest BCUT2D eigenvalue weighted by molar-refractivity contribution is 7.92. The molecule has 1 heterocycles. The molecule has 1 unspecified atom stereocenters. The van der Waals surface area contributed by atoms with Crippen molar-refractivity contribution in [3.63, 3.8) is 0 Å². The number of halogens is 1. The van der Waals surface area contributed by atoms with Gasteiger partial charge in [0.15, 0.2) is 9.84 Å². The fourth-order valence-electron chi connectivity index (χ4n) is 1.24. The molecule has 0 saturated heterocycles. The van der Waals surface area contributed by atoms with E-state index in [0.29, 0.717) is 0 Å². The second-order valence-electron chi connectivity index (χ2n) is 3.51. The van der Waals surface area contributed by atoms with Crippen molar-refractivity contribution in [2.75, 3.05) is 13.4 Å². The molecule has 0 aliphatic carbocycles. The Morgan fingerprint density at radius 3 is 2.53 bits per heavy atom. The van der Waals surface area contributed by atoms with E-state index in [1.54, 1.807) is 0 Å². The lowest BCUT2D eigenvalue weighted by atomic mass is 10.1. The van der Waals surface area contributed by atoms with Gasteiger partial charge in [-0.3, -0.25) is 0 Å². The van der Waals surface area contributed by atoms with Gasteiger partial charge in [0.1, 0.15) is 0 Å². The van der Waals surface area contributed by atoms with Crippen LogP contribution >= 0.6 is 11.6 Å². The summed E-state index contributed by atoms with van der Waals surface area (Å²) in [6, 6.07) is 1.31.